The van der Waals surface area contributed by atoms with Crippen molar-refractivity contribution in [2.24, 2.45) is 0 Å². The van der Waals surface area contributed by atoms with Crippen LogP contribution in [0, 0.1) is 0 Å². The lowest BCUT2D eigenvalue weighted by molar-refractivity contribution is 0.0591. The first kappa shape index (κ1) is 13.4. The van der Waals surface area contributed by atoms with Crippen molar-refractivity contribution in [2.75, 3.05) is 7.11 Å². The van der Waals surface area contributed by atoms with Crippen LogP contribution in [0.1, 0.15) is 66.2 Å². The molecule has 0 aromatic carbocycles. The molecule has 5 heteroatoms. The molecule has 0 amide bonds. The lowest BCUT2D eigenvalue weighted by Gasteiger charge is -2.08. The maximum Gasteiger partial charge on any atom is 0.358 e. The van der Waals surface area contributed by atoms with Gasteiger partial charge < -0.3 is 4.74 Å². The van der Waals surface area contributed by atoms with Gasteiger partial charge in [0.05, 0.1) is 7.11 Å². The predicted octanol–water partition coefficient (Wildman–Crippen LogP) is 2.19. The molecule has 1 aromatic rings. The molecule has 0 saturated carbocycles. The lowest BCUT2D eigenvalue weighted by atomic mass is 10.0. The zero-order valence-corrected chi connectivity index (χ0v) is 10.9. The third kappa shape index (κ3) is 2.38. The Morgan fingerprint density at radius 1 is 1.35 bits per heavy atom. The summed E-state index contributed by atoms with van der Waals surface area (Å²) in [4.78, 5) is 22.8. The van der Waals surface area contributed by atoms with Crippen molar-refractivity contribution in [3.05, 3.63) is 17.0 Å². The number of methoxy groups -OCH3 is 1. The van der Waals surface area contributed by atoms with Gasteiger partial charge in [-0.15, -0.1) is 0 Å². The summed E-state index contributed by atoms with van der Waals surface area (Å²) in [6.07, 6.45) is 0.745. The second-order valence-corrected chi connectivity index (χ2v) is 4.45. The highest BCUT2D eigenvalue weighted by atomic mass is 16.5. The minimum Gasteiger partial charge on any atom is -0.464 e. The van der Waals surface area contributed by atoms with Crippen LogP contribution in [0.5, 0.6) is 0 Å². The molecule has 0 aliphatic carbocycles. The molecular weight excluding hydrogens is 220 g/mol. The Morgan fingerprint density at radius 3 is 2.29 bits per heavy atom. The van der Waals surface area contributed by atoms with E-state index in [1.54, 1.807) is 4.68 Å². The molecule has 1 aromatic heterocycles. The molecule has 94 valence electrons. The normalized spacial score (nSPS) is 11.0. The summed E-state index contributed by atoms with van der Waals surface area (Å²) in [7, 11) is 1.31. The van der Waals surface area contributed by atoms with Crippen molar-refractivity contribution in [1.29, 1.82) is 0 Å². The number of aromatic nitrogens is 2. The topological polar surface area (TPSA) is 61.2 Å². The number of carbonyl (C=O) groups is 2. The Kier molecular flexibility index (Phi) is 4.04. The SMILES string of the molecule is COC(=O)c1nn(C(C)C)c(C=O)c1C(C)C. The van der Waals surface area contributed by atoms with Gasteiger partial charge in [-0.1, -0.05) is 13.8 Å². The summed E-state index contributed by atoms with van der Waals surface area (Å²) in [5, 5.41) is 4.18. The average Bonchev–Trinajstić information content (AvgIpc) is 2.67. The van der Waals surface area contributed by atoms with Gasteiger partial charge in [-0.3, -0.25) is 9.48 Å². The molecule has 0 unspecified atom stereocenters. The Bertz CT molecular complexity index is 433. The van der Waals surface area contributed by atoms with Gasteiger partial charge in [-0.05, 0) is 19.8 Å². The summed E-state index contributed by atoms with van der Waals surface area (Å²) in [6.45, 7) is 7.65. The fourth-order valence-corrected chi connectivity index (χ4v) is 1.79. The van der Waals surface area contributed by atoms with E-state index in [9.17, 15) is 9.59 Å². The van der Waals surface area contributed by atoms with Gasteiger partial charge in [-0.2, -0.15) is 5.10 Å². The second kappa shape index (κ2) is 5.12. The van der Waals surface area contributed by atoms with Crippen molar-refractivity contribution in [2.45, 2.75) is 39.7 Å². The zero-order valence-electron chi connectivity index (χ0n) is 10.9. The highest BCUT2D eigenvalue weighted by Crippen LogP contribution is 2.25. The number of aldehydes is 1. The lowest BCUT2D eigenvalue weighted by Crippen LogP contribution is -2.08. The van der Waals surface area contributed by atoms with Gasteiger partial charge in [0.15, 0.2) is 12.0 Å². The molecule has 0 aliphatic heterocycles. The molecule has 0 atom stereocenters. The first-order valence-corrected chi connectivity index (χ1v) is 5.59. The molecule has 1 heterocycles. The smallest absolute Gasteiger partial charge is 0.358 e. The zero-order chi connectivity index (χ0) is 13.2. The molecule has 17 heavy (non-hydrogen) atoms. The molecule has 5 nitrogen and oxygen atoms in total. The van der Waals surface area contributed by atoms with E-state index in [2.05, 4.69) is 9.84 Å². The fourth-order valence-electron chi connectivity index (χ4n) is 1.79. The summed E-state index contributed by atoms with van der Waals surface area (Å²) >= 11 is 0. The second-order valence-electron chi connectivity index (χ2n) is 4.45. The molecule has 0 bridgehead atoms. The van der Waals surface area contributed by atoms with Gasteiger partial charge in [0.1, 0.15) is 5.69 Å². The molecule has 0 N–H and O–H groups in total. The van der Waals surface area contributed by atoms with E-state index in [0.29, 0.717) is 11.3 Å². The molecule has 0 saturated heterocycles. The van der Waals surface area contributed by atoms with Crippen molar-refractivity contribution >= 4 is 12.3 Å². The van der Waals surface area contributed by atoms with Crippen LogP contribution in [-0.4, -0.2) is 29.1 Å². The molecular formula is C12H18N2O3. The summed E-state index contributed by atoms with van der Waals surface area (Å²) in [5.74, 6) is -0.465. The van der Waals surface area contributed by atoms with E-state index in [4.69, 9.17) is 0 Å². The Hall–Kier alpha value is -1.65. The van der Waals surface area contributed by atoms with E-state index in [1.807, 2.05) is 27.7 Å². The number of nitrogens with zero attached hydrogens (tertiary/aromatic N) is 2. The maximum absolute atomic E-state index is 11.6. The quantitative estimate of drug-likeness (QED) is 0.596. The van der Waals surface area contributed by atoms with Crippen molar-refractivity contribution < 1.29 is 14.3 Å². The maximum atomic E-state index is 11.6. The highest BCUT2D eigenvalue weighted by molar-refractivity contribution is 5.92. The van der Waals surface area contributed by atoms with Crippen LogP contribution >= 0.6 is 0 Å². The number of hydrogen-bond acceptors (Lipinski definition) is 4. The molecule has 1 rings (SSSR count). The third-order valence-electron chi connectivity index (χ3n) is 2.54. The van der Waals surface area contributed by atoms with Gasteiger partial charge >= 0.3 is 5.97 Å². The van der Waals surface area contributed by atoms with Crippen LogP contribution in [0.15, 0.2) is 0 Å². The molecule has 0 radical (unpaired) electrons. The van der Waals surface area contributed by atoms with Crippen LogP contribution in [-0.2, 0) is 4.74 Å². The van der Waals surface area contributed by atoms with Crippen LogP contribution in [0.25, 0.3) is 0 Å². The average molecular weight is 238 g/mol. The van der Waals surface area contributed by atoms with Crippen molar-refractivity contribution in [3.8, 4) is 0 Å². The Labute approximate surface area is 101 Å². The van der Waals surface area contributed by atoms with Gasteiger partial charge in [0.2, 0.25) is 0 Å². The monoisotopic (exact) mass is 238 g/mol. The molecule has 0 fully saturated rings. The number of ether oxygens (including phenoxy) is 1. The molecule has 0 aliphatic rings. The van der Waals surface area contributed by atoms with Crippen LogP contribution < -0.4 is 0 Å². The van der Waals surface area contributed by atoms with Crippen molar-refractivity contribution in [1.82, 2.24) is 9.78 Å². The summed E-state index contributed by atoms with van der Waals surface area (Å²) < 4.78 is 6.25. The Morgan fingerprint density at radius 2 is 1.94 bits per heavy atom. The van der Waals surface area contributed by atoms with Crippen LogP contribution in [0.4, 0.5) is 0 Å². The van der Waals surface area contributed by atoms with Crippen molar-refractivity contribution in [3.63, 3.8) is 0 Å². The van der Waals surface area contributed by atoms with E-state index < -0.39 is 5.97 Å². The largest absolute Gasteiger partial charge is 0.464 e. The van der Waals surface area contributed by atoms with Gasteiger partial charge in [0.25, 0.3) is 0 Å². The summed E-state index contributed by atoms with van der Waals surface area (Å²) in [5.41, 5.74) is 1.34. The van der Waals surface area contributed by atoms with Crippen LogP contribution in [0.3, 0.4) is 0 Å². The third-order valence-corrected chi connectivity index (χ3v) is 2.54. The molecule has 0 spiro atoms. The van der Waals surface area contributed by atoms with Gasteiger partial charge in [-0.25, -0.2) is 4.79 Å². The fraction of sp³-hybridized carbons (Fsp3) is 0.583. The highest BCUT2D eigenvalue weighted by Gasteiger charge is 2.25. The number of hydrogen-bond donors (Lipinski definition) is 0. The van der Waals surface area contributed by atoms with E-state index >= 15 is 0 Å². The minimum absolute atomic E-state index is 0.0195. The number of esters is 1. The summed E-state index contributed by atoms with van der Waals surface area (Å²) in [6, 6.07) is 0.0195. The van der Waals surface area contributed by atoms with E-state index in [1.165, 1.54) is 7.11 Å². The number of rotatable bonds is 4. The predicted molar refractivity (Wildman–Crippen MR) is 63.4 cm³/mol. The minimum atomic E-state index is -0.504. The first-order chi connectivity index (χ1) is 7.93. The van der Waals surface area contributed by atoms with Gasteiger partial charge in [0, 0.05) is 11.6 Å². The number of carbonyl (C=O) groups excluding carboxylic acids is 2. The standard InChI is InChI=1S/C12H18N2O3/c1-7(2)10-9(6-15)14(8(3)4)13-11(10)12(16)17-5/h6-8H,1-5H3. The van der Waals surface area contributed by atoms with E-state index in [0.717, 1.165) is 6.29 Å². The van der Waals surface area contributed by atoms with Crippen LogP contribution in [0.2, 0.25) is 0 Å². The van der Waals surface area contributed by atoms with E-state index in [-0.39, 0.29) is 17.7 Å². The first-order valence-electron chi connectivity index (χ1n) is 5.59. The Balaban J connectivity index is 3.49.